The van der Waals surface area contributed by atoms with E-state index in [0.717, 1.165) is 47.0 Å². The van der Waals surface area contributed by atoms with E-state index in [9.17, 15) is 22.4 Å². The molecule has 1 amide bonds. The van der Waals surface area contributed by atoms with E-state index >= 15 is 0 Å². The van der Waals surface area contributed by atoms with E-state index in [4.69, 9.17) is 4.74 Å². The number of hydrogen-bond acceptors (Lipinski definition) is 5. The largest absolute Gasteiger partial charge is 0.465 e. The Morgan fingerprint density at radius 1 is 1.10 bits per heavy atom. The number of carbonyl (C=O) groups excluding carboxylic acids is 2. The Labute approximate surface area is 174 Å². The van der Waals surface area contributed by atoms with E-state index in [1.54, 1.807) is 31.2 Å². The molecule has 1 saturated carbocycles. The van der Waals surface area contributed by atoms with Crippen molar-refractivity contribution in [3.05, 3.63) is 59.9 Å². The average Bonchev–Trinajstić information content (AvgIpc) is 3.51. The Kier molecular flexibility index (Phi) is 6.23. The lowest BCUT2D eigenvalue weighted by atomic mass is 9.96. The smallest absolute Gasteiger partial charge is 0.316 e. The molecule has 0 atom stereocenters. The molecule has 1 fully saturated rings. The zero-order valence-electron chi connectivity index (χ0n) is 16.7. The Hall–Kier alpha value is -2.78. The second-order valence-corrected chi connectivity index (χ2v) is 9.19. The summed E-state index contributed by atoms with van der Waals surface area (Å²) in [5, 5.41) is 2.64. The van der Waals surface area contributed by atoms with Crippen LogP contribution in [0.4, 0.5) is 10.1 Å². The lowest BCUT2D eigenvalue weighted by Gasteiger charge is -2.17. The van der Waals surface area contributed by atoms with Crippen LogP contribution in [-0.2, 0) is 29.8 Å². The molecule has 3 rings (SSSR count). The summed E-state index contributed by atoms with van der Waals surface area (Å²) in [6.45, 7) is 1.68. The second-order valence-electron chi connectivity index (χ2n) is 7.14. The van der Waals surface area contributed by atoms with Crippen LogP contribution in [0.3, 0.4) is 0 Å². The minimum Gasteiger partial charge on any atom is -0.465 e. The summed E-state index contributed by atoms with van der Waals surface area (Å²) in [5.41, 5.74) is 0.716. The first-order chi connectivity index (χ1) is 14.2. The van der Waals surface area contributed by atoms with Crippen LogP contribution in [0.15, 0.2) is 53.4 Å². The first-order valence-electron chi connectivity index (χ1n) is 9.48. The fourth-order valence-corrected chi connectivity index (χ4v) is 4.28. The maximum absolute atomic E-state index is 13.0. The monoisotopic (exact) mass is 434 g/mol. The summed E-state index contributed by atoms with van der Waals surface area (Å²) >= 11 is 0. The van der Waals surface area contributed by atoms with Crippen LogP contribution in [0.25, 0.3) is 0 Å². The summed E-state index contributed by atoms with van der Waals surface area (Å²) in [6.07, 6.45) is 1.45. The number of hydrogen-bond donors (Lipinski definition) is 1. The van der Waals surface area contributed by atoms with Crippen LogP contribution in [-0.4, -0.2) is 44.8 Å². The van der Waals surface area contributed by atoms with E-state index in [2.05, 4.69) is 5.32 Å². The Bertz CT molecular complexity index is 1030. The third-order valence-corrected chi connectivity index (χ3v) is 6.84. The van der Waals surface area contributed by atoms with E-state index < -0.39 is 33.7 Å². The maximum Gasteiger partial charge on any atom is 0.316 e. The highest BCUT2D eigenvalue weighted by Gasteiger charge is 2.52. The molecule has 1 N–H and O–H groups in total. The summed E-state index contributed by atoms with van der Waals surface area (Å²) in [5.74, 6) is -1.31. The Morgan fingerprint density at radius 2 is 1.70 bits per heavy atom. The Morgan fingerprint density at radius 3 is 2.23 bits per heavy atom. The van der Waals surface area contributed by atoms with Gasteiger partial charge >= 0.3 is 5.97 Å². The van der Waals surface area contributed by atoms with Gasteiger partial charge in [-0.2, -0.15) is 4.31 Å². The standard InChI is InChI=1S/C21H23FN2O5S/c1-3-29-20(26)21(12-13-21)15-4-8-17(9-5-15)23-19(25)14-24(2)30(27,28)18-10-6-16(22)7-11-18/h4-11H,3,12-14H2,1-2H3,(H,23,25). The molecule has 0 unspecified atom stereocenters. The van der Waals surface area contributed by atoms with Crippen molar-refractivity contribution in [2.45, 2.75) is 30.1 Å². The van der Waals surface area contributed by atoms with Crippen molar-refractivity contribution in [3.63, 3.8) is 0 Å². The normalized spacial score (nSPS) is 14.9. The number of ether oxygens (including phenoxy) is 1. The van der Waals surface area contributed by atoms with Crippen LogP contribution in [0.5, 0.6) is 0 Å². The highest BCUT2D eigenvalue weighted by Crippen LogP contribution is 2.49. The number of esters is 1. The summed E-state index contributed by atoms with van der Waals surface area (Å²) in [6, 6.07) is 11.2. The molecule has 2 aromatic rings. The number of benzene rings is 2. The molecule has 9 heteroatoms. The van der Waals surface area contributed by atoms with Crippen molar-refractivity contribution in [1.82, 2.24) is 4.31 Å². The third-order valence-electron chi connectivity index (χ3n) is 5.03. The molecule has 0 aliphatic heterocycles. The molecule has 0 aromatic heterocycles. The van der Waals surface area contributed by atoms with Crippen molar-refractivity contribution in [2.75, 3.05) is 25.5 Å². The molecule has 30 heavy (non-hydrogen) atoms. The zero-order valence-corrected chi connectivity index (χ0v) is 17.5. The molecule has 0 radical (unpaired) electrons. The predicted molar refractivity (Wildman–Crippen MR) is 109 cm³/mol. The molecule has 1 aliphatic rings. The van der Waals surface area contributed by atoms with E-state index in [0.29, 0.717) is 12.3 Å². The van der Waals surface area contributed by atoms with E-state index in [-0.39, 0.29) is 10.9 Å². The number of rotatable bonds is 8. The number of anilines is 1. The van der Waals surface area contributed by atoms with Gasteiger partial charge < -0.3 is 10.1 Å². The highest BCUT2D eigenvalue weighted by atomic mass is 32.2. The quantitative estimate of drug-likeness (QED) is 0.645. The van der Waals surface area contributed by atoms with Crippen molar-refractivity contribution in [1.29, 1.82) is 0 Å². The first-order valence-corrected chi connectivity index (χ1v) is 10.9. The van der Waals surface area contributed by atoms with Crippen molar-refractivity contribution < 1.29 is 27.1 Å². The number of sulfonamides is 1. The molecule has 0 bridgehead atoms. The van der Waals surface area contributed by atoms with Crippen LogP contribution >= 0.6 is 0 Å². The van der Waals surface area contributed by atoms with Gasteiger partial charge in [0.05, 0.1) is 23.5 Å². The van der Waals surface area contributed by atoms with Gasteiger partial charge in [0.1, 0.15) is 5.82 Å². The van der Waals surface area contributed by atoms with Crippen molar-refractivity contribution >= 4 is 27.6 Å². The summed E-state index contributed by atoms with van der Waals surface area (Å²) in [4.78, 5) is 24.4. The van der Waals surface area contributed by atoms with Crippen LogP contribution in [0.1, 0.15) is 25.3 Å². The average molecular weight is 434 g/mol. The number of nitrogens with zero attached hydrogens (tertiary/aromatic N) is 1. The lowest BCUT2D eigenvalue weighted by molar-refractivity contribution is -0.146. The van der Waals surface area contributed by atoms with Gasteiger partial charge in [-0.15, -0.1) is 0 Å². The van der Waals surface area contributed by atoms with Gasteiger partial charge in [-0.05, 0) is 61.7 Å². The summed E-state index contributed by atoms with van der Waals surface area (Å²) in [7, 11) is -2.65. The van der Waals surface area contributed by atoms with Crippen LogP contribution < -0.4 is 5.32 Å². The molecular weight excluding hydrogens is 411 g/mol. The number of carbonyl (C=O) groups is 2. The minimum atomic E-state index is -3.92. The third kappa shape index (κ3) is 4.52. The number of halogens is 1. The topological polar surface area (TPSA) is 92.8 Å². The summed E-state index contributed by atoms with van der Waals surface area (Å²) < 4.78 is 44.0. The van der Waals surface area contributed by atoms with E-state index in [1.807, 2.05) is 0 Å². The van der Waals surface area contributed by atoms with Crippen molar-refractivity contribution in [2.24, 2.45) is 0 Å². The van der Waals surface area contributed by atoms with Gasteiger partial charge in [-0.3, -0.25) is 9.59 Å². The van der Waals surface area contributed by atoms with Gasteiger partial charge in [0.25, 0.3) is 0 Å². The van der Waals surface area contributed by atoms with Crippen molar-refractivity contribution in [3.8, 4) is 0 Å². The highest BCUT2D eigenvalue weighted by molar-refractivity contribution is 7.89. The molecule has 0 spiro atoms. The molecule has 1 aliphatic carbocycles. The fraction of sp³-hybridized carbons (Fsp3) is 0.333. The zero-order chi connectivity index (χ0) is 21.9. The van der Waals surface area contributed by atoms with E-state index in [1.165, 1.54) is 7.05 Å². The molecule has 0 saturated heterocycles. The maximum atomic E-state index is 13.0. The lowest BCUT2D eigenvalue weighted by Crippen LogP contribution is -2.35. The number of likely N-dealkylation sites (N-methyl/N-ethyl adjacent to an activating group) is 1. The van der Waals surface area contributed by atoms with Crippen LogP contribution in [0.2, 0.25) is 0 Å². The molecular formula is C21H23FN2O5S. The van der Waals surface area contributed by atoms with Gasteiger partial charge in [0.2, 0.25) is 15.9 Å². The number of nitrogens with one attached hydrogen (secondary N) is 1. The second kappa shape index (κ2) is 8.53. The minimum absolute atomic E-state index is 0.0998. The fourth-order valence-electron chi connectivity index (χ4n) is 3.15. The first kappa shape index (κ1) is 21.9. The molecule has 2 aromatic carbocycles. The molecule has 160 valence electrons. The predicted octanol–water partition coefficient (Wildman–Crippen LogP) is 2.68. The van der Waals surface area contributed by atoms with Gasteiger partial charge in [0, 0.05) is 12.7 Å². The molecule has 7 nitrogen and oxygen atoms in total. The van der Waals surface area contributed by atoms with Gasteiger partial charge in [-0.1, -0.05) is 12.1 Å². The molecule has 0 heterocycles. The number of amides is 1. The van der Waals surface area contributed by atoms with Crippen LogP contribution in [0, 0.1) is 5.82 Å². The Balaban J connectivity index is 1.62. The van der Waals surface area contributed by atoms with Gasteiger partial charge in [0.15, 0.2) is 0 Å². The van der Waals surface area contributed by atoms with Gasteiger partial charge in [-0.25, -0.2) is 12.8 Å². The SMILES string of the molecule is CCOC(=O)C1(c2ccc(NC(=O)CN(C)S(=O)(=O)c3ccc(F)cc3)cc2)CC1.